The van der Waals surface area contributed by atoms with E-state index in [1.165, 1.54) is 9.78 Å². The van der Waals surface area contributed by atoms with Gasteiger partial charge in [-0.25, -0.2) is 0 Å². The lowest BCUT2D eigenvalue weighted by atomic mass is 10.1. The lowest BCUT2D eigenvalue weighted by Crippen LogP contribution is -2.32. The molecule has 2 amide bonds. The average Bonchev–Trinajstić information content (AvgIpc) is 2.76. The third kappa shape index (κ3) is 2.09. The van der Waals surface area contributed by atoms with Crippen LogP contribution in [0.15, 0.2) is 17.5 Å². The van der Waals surface area contributed by atoms with Crippen LogP contribution in [-0.4, -0.2) is 23.3 Å². The standard InChI is InChI=1S/C11H13NO2S/c1-8-7-10(13)12(11(8)14)5-4-9-3-2-6-15-9/h2-3,6,8H,4-5,7H2,1H3. The van der Waals surface area contributed by atoms with Gasteiger partial charge in [-0.2, -0.15) is 0 Å². The molecular formula is C11H13NO2S. The molecule has 0 bridgehead atoms. The summed E-state index contributed by atoms with van der Waals surface area (Å²) in [5.41, 5.74) is 0. The summed E-state index contributed by atoms with van der Waals surface area (Å²) in [6.45, 7) is 2.34. The average molecular weight is 223 g/mol. The molecule has 80 valence electrons. The smallest absolute Gasteiger partial charge is 0.232 e. The molecule has 0 aromatic carbocycles. The summed E-state index contributed by atoms with van der Waals surface area (Å²) in [5, 5.41) is 2.01. The fourth-order valence-corrected chi connectivity index (χ4v) is 2.46. The van der Waals surface area contributed by atoms with Crippen molar-refractivity contribution in [3.05, 3.63) is 22.4 Å². The Balaban J connectivity index is 1.95. The van der Waals surface area contributed by atoms with Gasteiger partial charge in [0.15, 0.2) is 0 Å². The van der Waals surface area contributed by atoms with Crippen molar-refractivity contribution < 1.29 is 9.59 Å². The van der Waals surface area contributed by atoms with E-state index < -0.39 is 0 Å². The molecule has 3 nitrogen and oxygen atoms in total. The molecule has 2 rings (SSSR count). The number of imide groups is 1. The SMILES string of the molecule is CC1CC(=O)N(CCc2cccs2)C1=O. The van der Waals surface area contributed by atoms with Crippen molar-refractivity contribution in [2.45, 2.75) is 19.8 Å². The van der Waals surface area contributed by atoms with Gasteiger partial charge in [-0.3, -0.25) is 14.5 Å². The number of hydrogen-bond donors (Lipinski definition) is 0. The van der Waals surface area contributed by atoms with Crippen molar-refractivity contribution in [2.75, 3.05) is 6.54 Å². The van der Waals surface area contributed by atoms with Gasteiger partial charge in [0.05, 0.1) is 0 Å². The Morgan fingerprint density at radius 3 is 2.87 bits per heavy atom. The highest BCUT2D eigenvalue weighted by atomic mass is 32.1. The topological polar surface area (TPSA) is 37.4 Å². The van der Waals surface area contributed by atoms with Crippen LogP contribution in [0.3, 0.4) is 0 Å². The Labute approximate surface area is 92.7 Å². The summed E-state index contributed by atoms with van der Waals surface area (Å²) in [4.78, 5) is 25.7. The molecule has 1 aromatic heterocycles. The lowest BCUT2D eigenvalue weighted by molar-refractivity contribution is -0.139. The van der Waals surface area contributed by atoms with E-state index in [9.17, 15) is 9.59 Å². The van der Waals surface area contributed by atoms with Crippen LogP contribution in [0.2, 0.25) is 0 Å². The Kier molecular flexibility index (Phi) is 2.86. The molecular weight excluding hydrogens is 210 g/mol. The van der Waals surface area contributed by atoms with Gasteiger partial charge in [0, 0.05) is 23.8 Å². The molecule has 0 saturated carbocycles. The molecule has 1 aliphatic heterocycles. The first-order valence-electron chi connectivity index (χ1n) is 5.05. The van der Waals surface area contributed by atoms with Gasteiger partial charge in [-0.05, 0) is 17.9 Å². The summed E-state index contributed by atoms with van der Waals surface area (Å²) in [6.07, 6.45) is 1.16. The van der Waals surface area contributed by atoms with Crippen LogP contribution >= 0.6 is 11.3 Å². The predicted molar refractivity (Wildman–Crippen MR) is 58.5 cm³/mol. The van der Waals surface area contributed by atoms with E-state index in [1.54, 1.807) is 11.3 Å². The fourth-order valence-electron chi connectivity index (χ4n) is 1.76. The Morgan fingerprint density at radius 2 is 2.33 bits per heavy atom. The number of hydrogen-bond acceptors (Lipinski definition) is 3. The monoisotopic (exact) mass is 223 g/mol. The first-order chi connectivity index (χ1) is 7.18. The number of rotatable bonds is 3. The van der Waals surface area contributed by atoms with E-state index >= 15 is 0 Å². The molecule has 2 heterocycles. The van der Waals surface area contributed by atoms with E-state index in [-0.39, 0.29) is 17.7 Å². The number of carbonyl (C=O) groups is 2. The first-order valence-corrected chi connectivity index (χ1v) is 5.93. The third-order valence-corrected chi connectivity index (χ3v) is 3.57. The lowest BCUT2D eigenvalue weighted by Gasteiger charge is -2.13. The normalized spacial score (nSPS) is 21.4. The number of carbonyl (C=O) groups excluding carboxylic acids is 2. The Hall–Kier alpha value is -1.16. The van der Waals surface area contributed by atoms with Gasteiger partial charge in [0.1, 0.15) is 0 Å². The fraction of sp³-hybridized carbons (Fsp3) is 0.455. The summed E-state index contributed by atoms with van der Waals surface area (Å²) in [7, 11) is 0. The zero-order chi connectivity index (χ0) is 10.8. The molecule has 0 aliphatic carbocycles. The van der Waals surface area contributed by atoms with Gasteiger partial charge in [-0.15, -0.1) is 11.3 Å². The van der Waals surface area contributed by atoms with Gasteiger partial charge >= 0.3 is 0 Å². The largest absolute Gasteiger partial charge is 0.282 e. The van der Waals surface area contributed by atoms with Crippen molar-refractivity contribution in [2.24, 2.45) is 5.92 Å². The van der Waals surface area contributed by atoms with Crippen LogP contribution in [0.5, 0.6) is 0 Å². The summed E-state index contributed by atoms with van der Waals surface area (Å²) in [5.74, 6) is -0.165. The van der Waals surface area contributed by atoms with Crippen LogP contribution in [0.25, 0.3) is 0 Å². The van der Waals surface area contributed by atoms with E-state index in [0.29, 0.717) is 13.0 Å². The minimum atomic E-state index is -0.124. The number of amides is 2. The van der Waals surface area contributed by atoms with Gasteiger partial charge < -0.3 is 0 Å². The maximum atomic E-state index is 11.6. The maximum Gasteiger partial charge on any atom is 0.232 e. The highest BCUT2D eigenvalue weighted by molar-refractivity contribution is 7.09. The highest BCUT2D eigenvalue weighted by Crippen LogP contribution is 2.19. The number of nitrogens with zero attached hydrogens (tertiary/aromatic N) is 1. The van der Waals surface area contributed by atoms with E-state index in [2.05, 4.69) is 0 Å². The van der Waals surface area contributed by atoms with E-state index in [4.69, 9.17) is 0 Å². The van der Waals surface area contributed by atoms with Crippen LogP contribution in [0.4, 0.5) is 0 Å². The van der Waals surface area contributed by atoms with Gasteiger partial charge in [0.25, 0.3) is 0 Å². The second kappa shape index (κ2) is 4.14. The molecule has 15 heavy (non-hydrogen) atoms. The minimum absolute atomic E-state index is 0.0171. The maximum absolute atomic E-state index is 11.6. The minimum Gasteiger partial charge on any atom is -0.282 e. The Bertz CT molecular complexity index is 372. The molecule has 1 saturated heterocycles. The van der Waals surface area contributed by atoms with E-state index in [0.717, 1.165) is 6.42 Å². The van der Waals surface area contributed by atoms with Crippen LogP contribution in [-0.2, 0) is 16.0 Å². The predicted octanol–water partition coefficient (Wildman–Crippen LogP) is 1.69. The third-order valence-electron chi connectivity index (χ3n) is 2.63. The number of likely N-dealkylation sites (tertiary alicyclic amines) is 1. The van der Waals surface area contributed by atoms with Crippen molar-refractivity contribution >= 4 is 23.2 Å². The van der Waals surface area contributed by atoms with Crippen LogP contribution in [0, 0.1) is 5.92 Å². The Morgan fingerprint density at radius 1 is 1.53 bits per heavy atom. The van der Waals surface area contributed by atoms with Crippen LogP contribution < -0.4 is 0 Å². The summed E-state index contributed by atoms with van der Waals surface area (Å²) < 4.78 is 0. The summed E-state index contributed by atoms with van der Waals surface area (Å²) >= 11 is 1.66. The van der Waals surface area contributed by atoms with E-state index in [1.807, 2.05) is 24.4 Å². The molecule has 1 unspecified atom stereocenters. The molecule has 1 aliphatic rings. The highest BCUT2D eigenvalue weighted by Gasteiger charge is 2.34. The molecule has 0 N–H and O–H groups in total. The molecule has 0 radical (unpaired) electrons. The van der Waals surface area contributed by atoms with Crippen molar-refractivity contribution in [1.82, 2.24) is 4.90 Å². The van der Waals surface area contributed by atoms with Crippen molar-refractivity contribution in [1.29, 1.82) is 0 Å². The van der Waals surface area contributed by atoms with Crippen molar-refractivity contribution in [3.8, 4) is 0 Å². The molecule has 1 aromatic rings. The van der Waals surface area contributed by atoms with Gasteiger partial charge in [0.2, 0.25) is 11.8 Å². The van der Waals surface area contributed by atoms with Crippen molar-refractivity contribution in [3.63, 3.8) is 0 Å². The molecule has 1 fully saturated rings. The second-order valence-electron chi connectivity index (χ2n) is 3.82. The molecule has 0 spiro atoms. The molecule has 1 atom stereocenters. The van der Waals surface area contributed by atoms with Crippen LogP contribution in [0.1, 0.15) is 18.2 Å². The summed E-state index contributed by atoms with van der Waals surface area (Å²) in [6, 6.07) is 4.01. The van der Waals surface area contributed by atoms with Gasteiger partial charge in [-0.1, -0.05) is 13.0 Å². The number of thiophene rings is 1. The zero-order valence-electron chi connectivity index (χ0n) is 8.60. The first kappa shape index (κ1) is 10.4. The quantitative estimate of drug-likeness (QED) is 0.731. The second-order valence-corrected chi connectivity index (χ2v) is 4.85. The zero-order valence-corrected chi connectivity index (χ0v) is 9.42. The molecule has 4 heteroatoms.